The Morgan fingerprint density at radius 1 is 1.33 bits per heavy atom. The summed E-state index contributed by atoms with van der Waals surface area (Å²) in [5.41, 5.74) is 0.242. The van der Waals surface area contributed by atoms with Gasteiger partial charge in [0.25, 0.3) is 0 Å². The second kappa shape index (κ2) is 4.12. The van der Waals surface area contributed by atoms with Crippen molar-refractivity contribution in [3.63, 3.8) is 0 Å². The zero-order chi connectivity index (χ0) is 10.9. The number of amides is 1. The molecule has 0 aromatic carbocycles. The molecule has 3 nitrogen and oxygen atoms in total. The summed E-state index contributed by atoms with van der Waals surface area (Å²) in [5.74, 6) is 0.176. The number of hydrogen-bond donors (Lipinski definition) is 2. The van der Waals surface area contributed by atoms with Gasteiger partial charge in [-0.3, -0.25) is 4.79 Å². The van der Waals surface area contributed by atoms with E-state index in [-0.39, 0.29) is 17.5 Å². The van der Waals surface area contributed by atoms with Crippen LogP contribution in [-0.2, 0) is 4.79 Å². The molecule has 2 N–H and O–H groups in total. The first kappa shape index (κ1) is 10.9. The maximum Gasteiger partial charge on any atom is 0.237 e. The van der Waals surface area contributed by atoms with Crippen LogP contribution in [0.4, 0.5) is 0 Å². The van der Waals surface area contributed by atoms with E-state index in [9.17, 15) is 4.79 Å². The zero-order valence-electron chi connectivity index (χ0n) is 9.81. The van der Waals surface area contributed by atoms with Crippen LogP contribution in [0.5, 0.6) is 0 Å². The van der Waals surface area contributed by atoms with Crippen LogP contribution in [0, 0.1) is 0 Å². The highest BCUT2D eigenvalue weighted by Gasteiger charge is 2.39. The molecule has 0 heterocycles. The third kappa shape index (κ3) is 2.94. The van der Waals surface area contributed by atoms with Crippen LogP contribution >= 0.6 is 0 Å². The molecule has 1 atom stereocenters. The number of hydrogen-bond acceptors (Lipinski definition) is 2. The molecule has 0 aromatic rings. The summed E-state index contributed by atoms with van der Waals surface area (Å²) >= 11 is 0. The summed E-state index contributed by atoms with van der Waals surface area (Å²) in [6.45, 7) is 4.15. The van der Waals surface area contributed by atoms with E-state index in [1.807, 2.05) is 6.92 Å². The van der Waals surface area contributed by atoms with Crippen LogP contribution < -0.4 is 10.6 Å². The van der Waals surface area contributed by atoms with E-state index in [1.54, 1.807) is 0 Å². The summed E-state index contributed by atoms with van der Waals surface area (Å²) in [4.78, 5) is 11.8. The van der Waals surface area contributed by atoms with Crippen molar-refractivity contribution in [1.82, 2.24) is 10.6 Å². The summed E-state index contributed by atoms with van der Waals surface area (Å²) in [6.07, 6.45) is 7.27. The quantitative estimate of drug-likeness (QED) is 0.739. The van der Waals surface area contributed by atoms with Crippen LogP contribution in [0.25, 0.3) is 0 Å². The van der Waals surface area contributed by atoms with Crippen molar-refractivity contribution in [2.45, 2.75) is 70.0 Å². The van der Waals surface area contributed by atoms with E-state index in [4.69, 9.17) is 0 Å². The molecule has 2 aliphatic rings. The average molecular weight is 210 g/mol. The first-order valence-corrected chi connectivity index (χ1v) is 6.17. The summed E-state index contributed by atoms with van der Waals surface area (Å²) in [5, 5.41) is 6.52. The summed E-state index contributed by atoms with van der Waals surface area (Å²) in [7, 11) is 0. The second-order valence-corrected chi connectivity index (χ2v) is 5.42. The molecule has 0 saturated heterocycles. The van der Waals surface area contributed by atoms with Gasteiger partial charge < -0.3 is 10.6 Å². The van der Waals surface area contributed by atoms with Crippen molar-refractivity contribution in [2.75, 3.05) is 0 Å². The Labute approximate surface area is 92.0 Å². The highest BCUT2D eigenvalue weighted by atomic mass is 16.2. The van der Waals surface area contributed by atoms with Gasteiger partial charge in [0.05, 0.1) is 6.04 Å². The SMILES string of the molecule is CC(NC1(C)CC1)C(=O)NC1CCCC1. The molecule has 86 valence electrons. The predicted molar refractivity (Wildman–Crippen MR) is 60.6 cm³/mol. The number of carbonyl (C=O) groups is 1. The predicted octanol–water partition coefficient (Wildman–Crippen LogP) is 1.58. The lowest BCUT2D eigenvalue weighted by molar-refractivity contribution is -0.123. The Kier molecular flexibility index (Phi) is 3.01. The van der Waals surface area contributed by atoms with Crippen molar-refractivity contribution < 1.29 is 4.79 Å². The molecule has 1 unspecified atom stereocenters. The molecule has 3 heteroatoms. The molecule has 0 bridgehead atoms. The van der Waals surface area contributed by atoms with Gasteiger partial charge in [0.1, 0.15) is 0 Å². The topological polar surface area (TPSA) is 41.1 Å². The second-order valence-electron chi connectivity index (χ2n) is 5.42. The lowest BCUT2D eigenvalue weighted by Crippen LogP contribution is -2.49. The van der Waals surface area contributed by atoms with E-state index in [0.29, 0.717) is 6.04 Å². The largest absolute Gasteiger partial charge is 0.352 e. The molecule has 1 amide bonds. The molecule has 2 aliphatic carbocycles. The lowest BCUT2D eigenvalue weighted by atomic mass is 10.2. The van der Waals surface area contributed by atoms with E-state index in [0.717, 1.165) is 12.8 Å². The normalized spacial score (nSPS) is 26.3. The Balaban J connectivity index is 1.74. The number of nitrogens with one attached hydrogen (secondary N) is 2. The molecular formula is C12H22N2O. The fourth-order valence-electron chi connectivity index (χ4n) is 2.32. The molecule has 0 radical (unpaired) electrons. The van der Waals surface area contributed by atoms with Crippen molar-refractivity contribution >= 4 is 5.91 Å². The van der Waals surface area contributed by atoms with E-state index in [2.05, 4.69) is 17.6 Å². The Hall–Kier alpha value is -0.570. The van der Waals surface area contributed by atoms with Gasteiger partial charge in [0.2, 0.25) is 5.91 Å². The monoisotopic (exact) mass is 210 g/mol. The van der Waals surface area contributed by atoms with E-state index >= 15 is 0 Å². The minimum Gasteiger partial charge on any atom is -0.352 e. The Morgan fingerprint density at radius 2 is 1.93 bits per heavy atom. The van der Waals surface area contributed by atoms with Crippen LogP contribution in [0.15, 0.2) is 0 Å². The molecule has 2 saturated carbocycles. The maximum atomic E-state index is 11.8. The third-order valence-corrected chi connectivity index (χ3v) is 3.66. The summed E-state index contributed by atoms with van der Waals surface area (Å²) < 4.78 is 0. The molecule has 15 heavy (non-hydrogen) atoms. The van der Waals surface area contributed by atoms with Gasteiger partial charge >= 0.3 is 0 Å². The van der Waals surface area contributed by atoms with Crippen molar-refractivity contribution in [2.24, 2.45) is 0 Å². The Morgan fingerprint density at radius 3 is 2.47 bits per heavy atom. The van der Waals surface area contributed by atoms with Gasteiger partial charge in [-0.2, -0.15) is 0 Å². The highest BCUT2D eigenvalue weighted by Crippen LogP contribution is 2.34. The van der Waals surface area contributed by atoms with Crippen LogP contribution in [0.3, 0.4) is 0 Å². The van der Waals surface area contributed by atoms with Crippen molar-refractivity contribution in [1.29, 1.82) is 0 Å². The van der Waals surface area contributed by atoms with Crippen molar-refractivity contribution in [3.8, 4) is 0 Å². The van der Waals surface area contributed by atoms with Gasteiger partial charge in [-0.05, 0) is 39.5 Å². The smallest absolute Gasteiger partial charge is 0.237 e. The lowest BCUT2D eigenvalue weighted by Gasteiger charge is -2.21. The molecule has 0 aromatic heterocycles. The first-order valence-electron chi connectivity index (χ1n) is 6.17. The zero-order valence-corrected chi connectivity index (χ0v) is 9.81. The van der Waals surface area contributed by atoms with Gasteiger partial charge in [-0.1, -0.05) is 12.8 Å². The van der Waals surface area contributed by atoms with Gasteiger partial charge in [-0.15, -0.1) is 0 Å². The molecular weight excluding hydrogens is 188 g/mol. The van der Waals surface area contributed by atoms with Gasteiger partial charge in [0.15, 0.2) is 0 Å². The average Bonchev–Trinajstić information content (AvgIpc) is 2.70. The van der Waals surface area contributed by atoms with Crippen LogP contribution in [0.2, 0.25) is 0 Å². The molecule has 2 fully saturated rings. The van der Waals surface area contributed by atoms with E-state index < -0.39 is 0 Å². The van der Waals surface area contributed by atoms with Crippen LogP contribution in [0.1, 0.15) is 52.4 Å². The molecule has 0 aliphatic heterocycles. The first-order chi connectivity index (χ1) is 7.09. The maximum absolute atomic E-state index is 11.8. The highest BCUT2D eigenvalue weighted by molar-refractivity contribution is 5.81. The van der Waals surface area contributed by atoms with E-state index in [1.165, 1.54) is 25.7 Å². The van der Waals surface area contributed by atoms with Gasteiger partial charge in [-0.25, -0.2) is 0 Å². The minimum atomic E-state index is -0.0434. The number of rotatable bonds is 4. The Bertz CT molecular complexity index is 242. The summed E-state index contributed by atoms with van der Waals surface area (Å²) in [6, 6.07) is 0.395. The molecule has 0 spiro atoms. The third-order valence-electron chi connectivity index (χ3n) is 3.66. The van der Waals surface area contributed by atoms with Crippen molar-refractivity contribution in [3.05, 3.63) is 0 Å². The fraction of sp³-hybridized carbons (Fsp3) is 0.917. The van der Waals surface area contributed by atoms with Gasteiger partial charge in [0, 0.05) is 11.6 Å². The molecule has 2 rings (SSSR count). The van der Waals surface area contributed by atoms with Crippen LogP contribution in [-0.4, -0.2) is 23.5 Å². The number of carbonyl (C=O) groups excluding carboxylic acids is 1. The standard InChI is InChI=1S/C12H22N2O/c1-9(14-12(2)7-8-12)11(15)13-10-5-3-4-6-10/h9-10,14H,3-8H2,1-2H3,(H,13,15). The fourth-order valence-corrected chi connectivity index (χ4v) is 2.32. The minimum absolute atomic E-state index is 0.0434.